The minimum atomic E-state index is 0.572. The van der Waals surface area contributed by atoms with E-state index in [-0.39, 0.29) is 0 Å². The molecule has 0 amide bonds. The monoisotopic (exact) mass is 239 g/mol. The molecular formula is C15H17N3. The van der Waals surface area contributed by atoms with Crippen LogP contribution in [0.4, 0.5) is 17.3 Å². The zero-order chi connectivity index (χ0) is 12.5. The minimum absolute atomic E-state index is 0.572. The molecule has 3 heteroatoms. The molecular weight excluding hydrogens is 222 g/mol. The number of hydrogen-bond acceptors (Lipinski definition) is 3. The number of fused-ring (bicyclic) bond motifs is 1. The highest BCUT2D eigenvalue weighted by Crippen LogP contribution is 2.34. The molecule has 18 heavy (non-hydrogen) atoms. The van der Waals surface area contributed by atoms with Crippen LogP contribution in [-0.4, -0.2) is 11.5 Å². The highest BCUT2D eigenvalue weighted by Gasteiger charge is 2.23. The van der Waals surface area contributed by atoms with Gasteiger partial charge in [0.1, 0.15) is 11.6 Å². The summed E-state index contributed by atoms with van der Waals surface area (Å²) in [7, 11) is 0. The van der Waals surface area contributed by atoms with Gasteiger partial charge in [0, 0.05) is 12.2 Å². The van der Waals surface area contributed by atoms with Gasteiger partial charge in [-0.2, -0.15) is 0 Å². The molecule has 1 unspecified atom stereocenters. The molecule has 0 spiro atoms. The molecule has 0 saturated carbocycles. The number of hydrogen-bond donors (Lipinski definition) is 1. The fraction of sp³-hybridized carbons (Fsp3) is 0.267. The standard InChI is InChI=1S/C15H17N3/c1-11-9-12-5-2-3-6-13(12)18(10-11)15-8-4-7-14(16)17-15/h2-8,11H,9-10H2,1H3,(H2,16,17). The lowest BCUT2D eigenvalue weighted by Gasteiger charge is -2.34. The molecule has 0 aliphatic carbocycles. The number of aromatic nitrogens is 1. The third kappa shape index (κ3) is 1.92. The van der Waals surface area contributed by atoms with Crippen molar-refractivity contribution in [2.24, 2.45) is 5.92 Å². The molecule has 0 radical (unpaired) electrons. The second-order valence-corrected chi connectivity index (χ2v) is 4.97. The summed E-state index contributed by atoms with van der Waals surface area (Å²) in [6, 6.07) is 14.3. The maximum absolute atomic E-state index is 5.78. The summed E-state index contributed by atoms with van der Waals surface area (Å²) in [5, 5.41) is 0. The number of pyridine rings is 1. The number of benzene rings is 1. The Bertz CT molecular complexity index is 565. The van der Waals surface area contributed by atoms with Gasteiger partial charge in [-0.05, 0) is 36.1 Å². The number of nitrogens with zero attached hydrogens (tertiary/aromatic N) is 2. The van der Waals surface area contributed by atoms with Crippen molar-refractivity contribution in [3.63, 3.8) is 0 Å². The summed E-state index contributed by atoms with van der Waals surface area (Å²) < 4.78 is 0. The van der Waals surface area contributed by atoms with Gasteiger partial charge in [-0.15, -0.1) is 0 Å². The maximum Gasteiger partial charge on any atom is 0.135 e. The molecule has 1 aliphatic heterocycles. The van der Waals surface area contributed by atoms with Crippen LogP contribution in [0.5, 0.6) is 0 Å². The highest BCUT2D eigenvalue weighted by molar-refractivity contribution is 5.66. The van der Waals surface area contributed by atoms with Crippen molar-refractivity contribution < 1.29 is 0 Å². The summed E-state index contributed by atoms with van der Waals surface area (Å²) in [5.74, 6) is 2.14. The van der Waals surface area contributed by atoms with Gasteiger partial charge in [0.25, 0.3) is 0 Å². The molecule has 3 nitrogen and oxygen atoms in total. The summed E-state index contributed by atoms with van der Waals surface area (Å²) >= 11 is 0. The van der Waals surface area contributed by atoms with Gasteiger partial charge >= 0.3 is 0 Å². The van der Waals surface area contributed by atoms with E-state index in [4.69, 9.17) is 5.73 Å². The van der Waals surface area contributed by atoms with Gasteiger partial charge in [-0.1, -0.05) is 31.2 Å². The van der Waals surface area contributed by atoms with Gasteiger partial charge in [-0.3, -0.25) is 0 Å². The fourth-order valence-corrected chi connectivity index (χ4v) is 2.60. The van der Waals surface area contributed by atoms with Crippen molar-refractivity contribution in [3.05, 3.63) is 48.0 Å². The lowest BCUT2D eigenvalue weighted by atomic mass is 9.94. The van der Waals surface area contributed by atoms with Crippen LogP contribution in [0.3, 0.4) is 0 Å². The lowest BCUT2D eigenvalue weighted by molar-refractivity contribution is 0.560. The Morgan fingerprint density at radius 3 is 2.83 bits per heavy atom. The Morgan fingerprint density at radius 1 is 1.17 bits per heavy atom. The summed E-state index contributed by atoms with van der Waals surface area (Å²) in [4.78, 5) is 6.70. The van der Waals surface area contributed by atoms with E-state index < -0.39 is 0 Å². The van der Waals surface area contributed by atoms with E-state index in [1.165, 1.54) is 11.3 Å². The SMILES string of the molecule is CC1Cc2ccccc2N(c2cccc(N)n2)C1. The second kappa shape index (κ2) is 4.33. The summed E-state index contributed by atoms with van der Waals surface area (Å²) in [6.45, 7) is 3.27. The number of anilines is 3. The first kappa shape index (κ1) is 11.1. The predicted octanol–water partition coefficient (Wildman–Crippen LogP) is 2.99. The second-order valence-electron chi connectivity index (χ2n) is 4.97. The highest BCUT2D eigenvalue weighted by atomic mass is 15.2. The van der Waals surface area contributed by atoms with Crippen molar-refractivity contribution in [1.82, 2.24) is 4.98 Å². The Hall–Kier alpha value is -2.03. The van der Waals surface area contributed by atoms with E-state index in [9.17, 15) is 0 Å². The maximum atomic E-state index is 5.78. The molecule has 3 rings (SSSR count). The van der Waals surface area contributed by atoms with Crippen LogP contribution in [0.25, 0.3) is 0 Å². The zero-order valence-corrected chi connectivity index (χ0v) is 10.5. The molecule has 2 heterocycles. The minimum Gasteiger partial charge on any atom is -0.384 e. The van der Waals surface area contributed by atoms with E-state index in [1.807, 2.05) is 18.2 Å². The van der Waals surface area contributed by atoms with E-state index in [1.54, 1.807) is 0 Å². The molecule has 92 valence electrons. The number of para-hydroxylation sites is 1. The smallest absolute Gasteiger partial charge is 0.135 e. The molecule has 1 aromatic heterocycles. The third-order valence-corrected chi connectivity index (χ3v) is 3.38. The average Bonchev–Trinajstić information content (AvgIpc) is 2.37. The van der Waals surface area contributed by atoms with Crippen LogP contribution in [0.15, 0.2) is 42.5 Å². The Labute approximate surface area is 107 Å². The van der Waals surface area contributed by atoms with E-state index >= 15 is 0 Å². The van der Waals surface area contributed by atoms with Crippen molar-refractivity contribution >= 4 is 17.3 Å². The van der Waals surface area contributed by atoms with Crippen LogP contribution in [0, 0.1) is 5.92 Å². The van der Waals surface area contributed by atoms with Crippen molar-refractivity contribution in [3.8, 4) is 0 Å². The molecule has 1 aliphatic rings. The zero-order valence-electron chi connectivity index (χ0n) is 10.5. The van der Waals surface area contributed by atoms with E-state index in [0.717, 1.165) is 18.8 Å². The van der Waals surface area contributed by atoms with Gasteiger partial charge < -0.3 is 10.6 Å². The van der Waals surface area contributed by atoms with Crippen LogP contribution in [0.2, 0.25) is 0 Å². The van der Waals surface area contributed by atoms with Crippen LogP contribution >= 0.6 is 0 Å². The first-order valence-electron chi connectivity index (χ1n) is 6.32. The van der Waals surface area contributed by atoms with Crippen molar-refractivity contribution in [2.75, 3.05) is 17.2 Å². The molecule has 1 aromatic carbocycles. The van der Waals surface area contributed by atoms with Gasteiger partial charge in [0.15, 0.2) is 0 Å². The first-order valence-corrected chi connectivity index (χ1v) is 6.32. The van der Waals surface area contributed by atoms with Gasteiger partial charge in [0.2, 0.25) is 0 Å². The summed E-state index contributed by atoms with van der Waals surface area (Å²) in [5.41, 5.74) is 8.43. The molecule has 2 aromatic rings. The van der Waals surface area contributed by atoms with Gasteiger partial charge in [0.05, 0.1) is 0 Å². The lowest BCUT2D eigenvalue weighted by Crippen LogP contribution is -2.31. The van der Waals surface area contributed by atoms with Crippen molar-refractivity contribution in [2.45, 2.75) is 13.3 Å². The van der Waals surface area contributed by atoms with Crippen LogP contribution in [-0.2, 0) is 6.42 Å². The molecule has 1 atom stereocenters. The Kier molecular flexibility index (Phi) is 2.67. The van der Waals surface area contributed by atoms with Gasteiger partial charge in [-0.25, -0.2) is 4.98 Å². The number of rotatable bonds is 1. The predicted molar refractivity (Wildman–Crippen MR) is 75.0 cm³/mol. The Morgan fingerprint density at radius 2 is 2.00 bits per heavy atom. The first-order chi connectivity index (χ1) is 8.74. The topological polar surface area (TPSA) is 42.1 Å². The molecule has 0 bridgehead atoms. The summed E-state index contributed by atoms with van der Waals surface area (Å²) in [6.07, 6.45) is 1.13. The molecule has 2 N–H and O–H groups in total. The number of nitrogen functional groups attached to an aromatic ring is 1. The molecule has 0 fully saturated rings. The van der Waals surface area contributed by atoms with E-state index in [0.29, 0.717) is 11.7 Å². The fourth-order valence-electron chi connectivity index (χ4n) is 2.60. The largest absolute Gasteiger partial charge is 0.384 e. The quantitative estimate of drug-likeness (QED) is 0.831. The molecule has 0 saturated heterocycles. The number of nitrogens with two attached hydrogens (primary N) is 1. The third-order valence-electron chi connectivity index (χ3n) is 3.38. The Balaban J connectivity index is 2.07. The average molecular weight is 239 g/mol. The van der Waals surface area contributed by atoms with Crippen molar-refractivity contribution in [1.29, 1.82) is 0 Å². The normalized spacial score (nSPS) is 18.5. The van der Waals surface area contributed by atoms with Crippen LogP contribution in [0.1, 0.15) is 12.5 Å². The van der Waals surface area contributed by atoms with E-state index in [2.05, 4.69) is 41.1 Å². The van der Waals surface area contributed by atoms with Crippen LogP contribution < -0.4 is 10.6 Å².